The number of unbranched alkanes of at least 4 members (excludes halogenated alkanes) is 14. The molecular formula is C29H66ClN5O2S. The predicted molar refractivity (Wildman–Crippen MR) is 170 cm³/mol. The Morgan fingerprint density at radius 3 is 1.29 bits per heavy atom. The molecule has 0 atom stereocenters. The predicted octanol–water partition coefficient (Wildman–Crippen LogP) is 5.49. The van der Waals surface area contributed by atoms with Crippen molar-refractivity contribution < 1.29 is 8.42 Å². The first kappa shape index (κ1) is 40.2. The van der Waals surface area contributed by atoms with Gasteiger partial charge < -0.3 is 21.7 Å². The number of rotatable bonds is 32. The van der Waals surface area contributed by atoms with Gasteiger partial charge in [-0.1, -0.05) is 90.4 Å². The van der Waals surface area contributed by atoms with Crippen molar-refractivity contribution in [1.29, 1.82) is 0 Å². The lowest BCUT2D eigenvalue weighted by atomic mass is 10.0. The van der Waals surface area contributed by atoms with E-state index in [9.17, 15) is 8.42 Å². The van der Waals surface area contributed by atoms with Gasteiger partial charge in [-0.25, -0.2) is 13.1 Å². The van der Waals surface area contributed by atoms with Crippen LogP contribution in [0, 0.1) is 0 Å². The first-order valence-corrected chi connectivity index (χ1v) is 17.6. The lowest BCUT2D eigenvalue weighted by Gasteiger charge is -2.08. The van der Waals surface area contributed by atoms with Crippen LogP contribution in [0.3, 0.4) is 0 Å². The van der Waals surface area contributed by atoms with Crippen LogP contribution in [0.5, 0.6) is 0 Å². The third-order valence-electron chi connectivity index (χ3n) is 6.84. The lowest BCUT2D eigenvalue weighted by Crippen LogP contribution is -2.30. The Kier molecular flexibility index (Phi) is 35.2. The van der Waals surface area contributed by atoms with Crippen LogP contribution in [0.2, 0.25) is 0 Å². The van der Waals surface area contributed by atoms with Crippen molar-refractivity contribution >= 4 is 22.4 Å². The maximum absolute atomic E-state index is 12.1. The van der Waals surface area contributed by atoms with Crippen molar-refractivity contribution in [1.82, 2.24) is 20.7 Å². The molecule has 0 amide bonds. The van der Waals surface area contributed by atoms with Crippen LogP contribution in [0.15, 0.2) is 0 Å². The van der Waals surface area contributed by atoms with Gasteiger partial charge in [0.15, 0.2) is 0 Å². The molecule has 6 N–H and O–H groups in total. The minimum Gasteiger partial charge on any atom is -0.330 e. The number of hydrogen-bond donors (Lipinski definition) is 5. The van der Waals surface area contributed by atoms with Gasteiger partial charge in [-0.3, -0.25) is 0 Å². The van der Waals surface area contributed by atoms with E-state index in [1.54, 1.807) is 0 Å². The Morgan fingerprint density at radius 2 is 0.842 bits per heavy atom. The van der Waals surface area contributed by atoms with E-state index in [1.165, 1.54) is 83.5 Å². The van der Waals surface area contributed by atoms with Crippen molar-refractivity contribution in [3.8, 4) is 0 Å². The number of halogens is 1. The van der Waals surface area contributed by atoms with E-state index in [2.05, 4.69) is 27.6 Å². The normalized spacial score (nSPS) is 11.6. The molecule has 232 valence electrons. The minimum absolute atomic E-state index is 0. The fourth-order valence-corrected chi connectivity index (χ4v) is 5.62. The second-order valence-corrected chi connectivity index (χ2v) is 12.5. The summed E-state index contributed by atoms with van der Waals surface area (Å²) in [7, 11) is -3.12. The summed E-state index contributed by atoms with van der Waals surface area (Å²) >= 11 is 0. The molecule has 0 bridgehead atoms. The van der Waals surface area contributed by atoms with Crippen LogP contribution in [0.4, 0.5) is 0 Å². The summed E-state index contributed by atoms with van der Waals surface area (Å²) in [5.41, 5.74) is 5.47. The van der Waals surface area contributed by atoms with Crippen LogP contribution < -0.4 is 26.4 Å². The first-order chi connectivity index (χ1) is 18.1. The van der Waals surface area contributed by atoms with Crippen LogP contribution in [-0.4, -0.2) is 66.5 Å². The Labute approximate surface area is 243 Å². The lowest BCUT2D eigenvalue weighted by molar-refractivity contribution is 0.535. The summed E-state index contributed by atoms with van der Waals surface area (Å²) in [5.74, 6) is 0.272. The third kappa shape index (κ3) is 34.1. The van der Waals surface area contributed by atoms with Crippen molar-refractivity contribution in [2.45, 2.75) is 129 Å². The fraction of sp³-hybridized carbons (Fsp3) is 1.00. The topological polar surface area (TPSA) is 108 Å². The highest BCUT2D eigenvalue weighted by Crippen LogP contribution is 2.13. The van der Waals surface area contributed by atoms with Crippen molar-refractivity contribution in [3.63, 3.8) is 0 Å². The Bertz CT molecular complexity index is 541. The van der Waals surface area contributed by atoms with E-state index < -0.39 is 10.0 Å². The molecule has 38 heavy (non-hydrogen) atoms. The molecule has 0 saturated carbocycles. The molecule has 0 aliphatic heterocycles. The van der Waals surface area contributed by atoms with Gasteiger partial charge in [0.25, 0.3) is 0 Å². The average molecular weight is 584 g/mol. The number of nitrogens with one attached hydrogen (secondary N) is 4. The van der Waals surface area contributed by atoms with Gasteiger partial charge in [-0.2, -0.15) is 0 Å². The maximum atomic E-state index is 12.1. The molecule has 0 fully saturated rings. The number of hydrogen-bond acceptors (Lipinski definition) is 6. The van der Waals surface area contributed by atoms with Crippen molar-refractivity contribution in [2.24, 2.45) is 5.73 Å². The van der Waals surface area contributed by atoms with Gasteiger partial charge in [0.2, 0.25) is 10.0 Å². The minimum atomic E-state index is -3.12. The molecule has 0 aromatic heterocycles. The summed E-state index contributed by atoms with van der Waals surface area (Å²) in [6.07, 6.45) is 23.4. The maximum Gasteiger partial charge on any atom is 0.211 e. The van der Waals surface area contributed by atoms with E-state index in [0.29, 0.717) is 6.54 Å². The molecule has 0 spiro atoms. The summed E-state index contributed by atoms with van der Waals surface area (Å²) < 4.78 is 27.1. The van der Waals surface area contributed by atoms with Gasteiger partial charge >= 0.3 is 0 Å². The van der Waals surface area contributed by atoms with Crippen LogP contribution in [0.1, 0.15) is 129 Å². The molecule has 7 nitrogen and oxygen atoms in total. The zero-order valence-corrected chi connectivity index (χ0v) is 26.6. The van der Waals surface area contributed by atoms with Crippen LogP contribution in [-0.2, 0) is 10.0 Å². The number of nitrogens with two attached hydrogens (primary N) is 1. The summed E-state index contributed by atoms with van der Waals surface area (Å²) in [4.78, 5) is 0. The zero-order valence-electron chi connectivity index (χ0n) is 25.0. The highest BCUT2D eigenvalue weighted by molar-refractivity contribution is 7.89. The first-order valence-electron chi connectivity index (χ1n) is 15.9. The second-order valence-electron chi connectivity index (χ2n) is 10.6. The van der Waals surface area contributed by atoms with E-state index in [0.717, 1.165) is 84.3 Å². The SMILES string of the molecule is CCCCCCCCCCCCCCCCS(=O)(=O)NCCCNCCCNCCCCNCCCN.Cl. The van der Waals surface area contributed by atoms with Crippen molar-refractivity contribution in [2.75, 3.05) is 58.1 Å². The summed E-state index contributed by atoms with van der Waals surface area (Å²) in [5, 5.41) is 10.3. The van der Waals surface area contributed by atoms with Gasteiger partial charge in [-0.15, -0.1) is 12.4 Å². The van der Waals surface area contributed by atoms with Crippen molar-refractivity contribution in [3.05, 3.63) is 0 Å². The zero-order chi connectivity index (χ0) is 27.1. The van der Waals surface area contributed by atoms with E-state index in [-0.39, 0.29) is 18.2 Å². The van der Waals surface area contributed by atoms with Crippen LogP contribution in [0.25, 0.3) is 0 Å². The molecule has 0 aromatic rings. The summed E-state index contributed by atoms with van der Waals surface area (Å²) in [6.45, 7) is 9.59. The standard InChI is InChI=1S/C29H65N5O2S.ClH/c1-2-3-4-5-6-7-8-9-10-11-12-13-14-17-29-37(35,36)34-28-20-27-33-26-19-25-32-23-16-15-22-31-24-18-21-30;/h31-34H,2-30H2,1H3;1H. The molecule has 0 rings (SSSR count). The Morgan fingerprint density at radius 1 is 0.474 bits per heavy atom. The molecule has 0 aromatic carbocycles. The molecule has 9 heteroatoms. The van der Waals surface area contributed by atoms with E-state index >= 15 is 0 Å². The smallest absolute Gasteiger partial charge is 0.211 e. The van der Waals surface area contributed by atoms with Gasteiger partial charge in [0, 0.05) is 6.54 Å². The van der Waals surface area contributed by atoms with Gasteiger partial charge in [0.1, 0.15) is 0 Å². The molecular weight excluding hydrogens is 518 g/mol. The van der Waals surface area contributed by atoms with Gasteiger partial charge in [-0.05, 0) is 84.3 Å². The second kappa shape index (κ2) is 33.2. The Balaban J connectivity index is 0. The number of sulfonamides is 1. The molecule has 0 heterocycles. The highest BCUT2D eigenvalue weighted by Gasteiger charge is 2.08. The van der Waals surface area contributed by atoms with E-state index in [4.69, 9.17) is 5.73 Å². The molecule has 0 unspecified atom stereocenters. The van der Waals surface area contributed by atoms with E-state index in [1.807, 2.05) is 0 Å². The molecule has 0 aliphatic rings. The monoisotopic (exact) mass is 583 g/mol. The fourth-order valence-electron chi connectivity index (χ4n) is 4.44. The highest BCUT2D eigenvalue weighted by atomic mass is 35.5. The average Bonchev–Trinajstić information content (AvgIpc) is 2.88. The molecule has 0 saturated heterocycles. The molecule has 0 radical (unpaired) electrons. The quantitative estimate of drug-likeness (QED) is 0.0670. The van der Waals surface area contributed by atoms with Gasteiger partial charge in [0.05, 0.1) is 5.75 Å². The van der Waals surface area contributed by atoms with Crippen LogP contribution >= 0.6 is 12.4 Å². The third-order valence-corrected chi connectivity index (χ3v) is 8.31. The Hall–Kier alpha value is 0.0400. The summed E-state index contributed by atoms with van der Waals surface area (Å²) in [6, 6.07) is 0. The largest absolute Gasteiger partial charge is 0.330 e. The molecule has 0 aliphatic carbocycles.